The van der Waals surface area contributed by atoms with Gasteiger partial charge in [0.25, 0.3) is 0 Å². The summed E-state index contributed by atoms with van der Waals surface area (Å²) in [6.45, 7) is 7.60. The van der Waals surface area contributed by atoms with Gasteiger partial charge in [-0.05, 0) is 6.92 Å². The molecule has 1 amide bonds. The second-order valence-electron chi connectivity index (χ2n) is 4.03. The van der Waals surface area contributed by atoms with Gasteiger partial charge in [0.15, 0.2) is 0 Å². The Labute approximate surface area is 95.9 Å². The van der Waals surface area contributed by atoms with Crippen LogP contribution >= 0.6 is 0 Å². The molecule has 2 rings (SSSR count). The Hall–Kier alpha value is -0.850. The smallest absolute Gasteiger partial charge is 0.409 e. The van der Waals surface area contributed by atoms with Crippen LogP contribution in [-0.4, -0.2) is 68.1 Å². The third-order valence-electron chi connectivity index (χ3n) is 3.01. The molecule has 92 valence electrons. The number of rotatable bonds is 2. The Morgan fingerprint density at radius 3 is 2.44 bits per heavy atom. The molecule has 2 saturated heterocycles. The predicted molar refractivity (Wildman–Crippen MR) is 60.0 cm³/mol. The molecule has 2 aliphatic heterocycles. The van der Waals surface area contributed by atoms with Gasteiger partial charge in [0.2, 0.25) is 0 Å². The first-order valence-corrected chi connectivity index (χ1v) is 5.94. The summed E-state index contributed by atoms with van der Waals surface area (Å²) in [6.07, 6.45) is 0.0961. The van der Waals surface area contributed by atoms with Crippen molar-refractivity contribution in [2.45, 2.75) is 13.2 Å². The lowest BCUT2D eigenvalue weighted by Crippen LogP contribution is -2.57. The molecule has 0 bridgehead atoms. The molecule has 0 spiro atoms. The van der Waals surface area contributed by atoms with Crippen LogP contribution in [-0.2, 0) is 4.74 Å². The van der Waals surface area contributed by atoms with Crippen LogP contribution in [0.1, 0.15) is 6.92 Å². The second-order valence-corrected chi connectivity index (χ2v) is 4.03. The van der Waals surface area contributed by atoms with E-state index in [1.807, 2.05) is 6.92 Å². The van der Waals surface area contributed by atoms with Gasteiger partial charge in [-0.15, -0.1) is 0 Å². The highest BCUT2D eigenvalue weighted by Crippen LogP contribution is 2.06. The average molecular weight is 228 g/mol. The third-order valence-corrected chi connectivity index (χ3v) is 3.01. The van der Waals surface area contributed by atoms with Crippen molar-refractivity contribution < 1.29 is 9.53 Å². The van der Waals surface area contributed by atoms with Crippen LogP contribution in [0, 0.1) is 0 Å². The number of hydrogen-bond donors (Lipinski definition) is 2. The minimum absolute atomic E-state index is 0.186. The van der Waals surface area contributed by atoms with Gasteiger partial charge in [-0.25, -0.2) is 4.79 Å². The van der Waals surface area contributed by atoms with Crippen molar-refractivity contribution in [1.29, 1.82) is 0 Å². The summed E-state index contributed by atoms with van der Waals surface area (Å²) in [5.74, 6) is 0. The molecule has 2 N–H and O–H groups in total. The van der Waals surface area contributed by atoms with Crippen LogP contribution < -0.4 is 10.6 Å². The van der Waals surface area contributed by atoms with E-state index in [1.165, 1.54) is 0 Å². The van der Waals surface area contributed by atoms with Gasteiger partial charge >= 0.3 is 6.09 Å². The molecule has 2 aliphatic rings. The van der Waals surface area contributed by atoms with Crippen molar-refractivity contribution in [1.82, 2.24) is 20.4 Å². The fraction of sp³-hybridized carbons (Fsp3) is 0.900. The molecule has 0 unspecified atom stereocenters. The third kappa shape index (κ3) is 2.63. The minimum Gasteiger partial charge on any atom is -0.450 e. The van der Waals surface area contributed by atoms with E-state index in [-0.39, 0.29) is 12.4 Å². The van der Waals surface area contributed by atoms with Gasteiger partial charge < -0.3 is 9.64 Å². The van der Waals surface area contributed by atoms with Crippen molar-refractivity contribution in [2.75, 3.05) is 45.9 Å². The number of carbonyl (C=O) groups is 1. The quantitative estimate of drug-likeness (QED) is 0.650. The highest BCUT2D eigenvalue weighted by atomic mass is 16.6. The monoisotopic (exact) mass is 228 g/mol. The van der Waals surface area contributed by atoms with Gasteiger partial charge in [0.1, 0.15) is 6.29 Å². The van der Waals surface area contributed by atoms with Crippen LogP contribution in [0.25, 0.3) is 0 Å². The summed E-state index contributed by atoms with van der Waals surface area (Å²) in [5, 5.41) is 6.75. The van der Waals surface area contributed by atoms with Crippen LogP contribution in [0.15, 0.2) is 0 Å². The van der Waals surface area contributed by atoms with Gasteiger partial charge in [-0.2, -0.15) is 0 Å². The Balaban J connectivity index is 1.75. The Bertz CT molecular complexity index is 235. The van der Waals surface area contributed by atoms with Crippen molar-refractivity contribution in [3.05, 3.63) is 0 Å². The number of hydrogen-bond acceptors (Lipinski definition) is 5. The molecule has 0 atom stereocenters. The standard InChI is InChI=1S/C10H20N4O2/c1-2-16-10(15)14-7-5-13(6-8-14)9-11-3-4-12-9/h9,11-12H,2-8H2,1H3. The summed E-state index contributed by atoms with van der Waals surface area (Å²) >= 11 is 0. The normalized spacial score (nSPS) is 23.7. The van der Waals surface area contributed by atoms with E-state index in [4.69, 9.17) is 4.74 Å². The molecule has 16 heavy (non-hydrogen) atoms. The van der Waals surface area contributed by atoms with Crippen LogP contribution in [0.2, 0.25) is 0 Å². The lowest BCUT2D eigenvalue weighted by atomic mass is 10.3. The number of carbonyl (C=O) groups excluding carboxylic acids is 1. The molecule has 0 aromatic carbocycles. The first kappa shape index (κ1) is 11.6. The summed E-state index contributed by atoms with van der Waals surface area (Å²) in [7, 11) is 0. The molecule has 2 heterocycles. The zero-order valence-corrected chi connectivity index (χ0v) is 9.74. The van der Waals surface area contributed by atoms with Gasteiger partial charge in [0, 0.05) is 39.3 Å². The molecular formula is C10H20N4O2. The van der Waals surface area contributed by atoms with Crippen LogP contribution in [0.3, 0.4) is 0 Å². The fourth-order valence-corrected chi connectivity index (χ4v) is 2.13. The molecule has 6 heteroatoms. The topological polar surface area (TPSA) is 56.8 Å². The molecule has 0 saturated carbocycles. The van der Waals surface area contributed by atoms with Gasteiger partial charge in [-0.3, -0.25) is 15.5 Å². The first-order valence-electron chi connectivity index (χ1n) is 5.94. The van der Waals surface area contributed by atoms with E-state index in [2.05, 4.69) is 15.5 Å². The number of nitrogens with one attached hydrogen (secondary N) is 2. The van der Waals surface area contributed by atoms with E-state index in [0.717, 1.165) is 39.3 Å². The van der Waals surface area contributed by atoms with Crippen LogP contribution in [0.4, 0.5) is 4.79 Å². The molecule has 2 fully saturated rings. The van der Waals surface area contributed by atoms with E-state index in [0.29, 0.717) is 6.61 Å². The summed E-state index contributed by atoms with van der Waals surface area (Å²) < 4.78 is 4.98. The van der Waals surface area contributed by atoms with Crippen molar-refractivity contribution >= 4 is 6.09 Å². The zero-order valence-electron chi connectivity index (χ0n) is 9.74. The van der Waals surface area contributed by atoms with Gasteiger partial charge in [0.05, 0.1) is 6.61 Å². The molecule has 0 aliphatic carbocycles. The predicted octanol–water partition coefficient (Wildman–Crippen LogP) is -0.763. The maximum Gasteiger partial charge on any atom is 0.409 e. The van der Waals surface area contributed by atoms with E-state index in [9.17, 15) is 4.79 Å². The summed E-state index contributed by atoms with van der Waals surface area (Å²) in [4.78, 5) is 15.6. The Kier molecular flexibility index (Phi) is 3.98. The maximum atomic E-state index is 11.5. The Morgan fingerprint density at radius 2 is 1.88 bits per heavy atom. The fourth-order valence-electron chi connectivity index (χ4n) is 2.13. The molecule has 0 aromatic rings. The van der Waals surface area contributed by atoms with Crippen molar-refractivity contribution in [3.8, 4) is 0 Å². The highest BCUT2D eigenvalue weighted by Gasteiger charge is 2.27. The number of nitrogens with zero attached hydrogens (tertiary/aromatic N) is 2. The number of ether oxygens (including phenoxy) is 1. The van der Waals surface area contributed by atoms with Crippen molar-refractivity contribution in [3.63, 3.8) is 0 Å². The van der Waals surface area contributed by atoms with E-state index >= 15 is 0 Å². The SMILES string of the molecule is CCOC(=O)N1CCN(C2NCCN2)CC1. The lowest BCUT2D eigenvalue weighted by molar-refractivity contribution is 0.0586. The van der Waals surface area contributed by atoms with Gasteiger partial charge in [-0.1, -0.05) is 0 Å². The largest absolute Gasteiger partial charge is 0.450 e. The number of amides is 1. The zero-order chi connectivity index (χ0) is 11.4. The lowest BCUT2D eigenvalue weighted by Gasteiger charge is -2.37. The molecule has 0 radical (unpaired) electrons. The second kappa shape index (κ2) is 5.47. The van der Waals surface area contributed by atoms with Crippen LogP contribution in [0.5, 0.6) is 0 Å². The van der Waals surface area contributed by atoms with Crippen molar-refractivity contribution in [2.24, 2.45) is 0 Å². The summed E-state index contributed by atoms with van der Waals surface area (Å²) in [5.41, 5.74) is 0. The van der Waals surface area contributed by atoms with E-state index in [1.54, 1.807) is 4.90 Å². The highest BCUT2D eigenvalue weighted by molar-refractivity contribution is 5.67. The number of piperazine rings is 1. The van der Waals surface area contributed by atoms with E-state index < -0.39 is 0 Å². The average Bonchev–Trinajstić information content (AvgIpc) is 2.83. The minimum atomic E-state index is -0.186. The first-order chi connectivity index (χ1) is 7.81. The summed E-state index contributed by atoms with van der Waals surface area (Å²) in [6, 6.07) is 0. The maximum absolute atomic E-state index is 11.5. The molecule has 6 nitrogen and oxygen atoms in total. The molecule has 0 aromatic heterocycles. The molecular weight excluding hydrogens is 208 g/mol. The Morgan fingerprint density at radius 1 is 1.25 bits per heavy atom.